The van der Waals surface area contributed by atoms with E-state index in [9.17, 15) is 9.59 Å². The Morgan fingerprint density at radius 1 is 1.24 bits per heavy atom. The van der Waals surface area contributed by atoms with E-state index in [2.05, 4.69) is 11.9 Å². The maximum absolute atomic E-state index is 12.9. The summed E-state index contributed by atoms with van der Waals surface area (Å²) in [7, 11) is 2.06. The molecule has 0 aromatic heterocycles. The van der Waals surface area contributed by atoms with Crippen molar-refractivity contribution < 1.29 is 19.1 Å². The normalized spacial score (nSPS) is 31.6. The van der Waals surface area contributed by atoms with Crippen LogP contribution in [0.1, 0.15) is 49.9 Å². The molecule has 2 heterocycles. The zero-order valence-corrected chi connectivity index (χ0v) is 15.2. The van der Waals surface area contributed by atoms with Crippen LogP contribution in [-0.2, 0) is 14.3 Å². The zero-order chi connectivity index (χ0) is 18.0. The Balaban J connectivity index is 1.85. The third-order valence-electron chi connectivity index (χ3n) is 5.82. The molecular weight excluding hydrogens is 318 g/mol. The van der Waals surface area contributed by atoms with Crippen molar-refractivity contribution >= 4 is 11.9 Å². The van der Waals surface area contributed by atoms with Gasteiger partial charge in [-0.3, -0.25) is 9.69 Å². The van der Waals surface area contributed by atoms with Gasteiger partial charge in [-0.15, -0.1) is 0 Å². The predicted molar refractivity (Wildman–Crippen MR) is 94.2 cm³/mol. The van der Waals surface area contributed by atoms with Crippen LogP contribution in [0, 0.1) is 5.41 Å². The number of carbonyl (C=O) groups is 2. The van der Waals surface area contributed by atoms with Gasteiger partial charge in [0.05, 0.1) is 12.2 Å². The smallest absolute Gasteiger partial charge is 0.338 e. The minimum absolute atomic E-state index is 0.0455. The number of ether oxygens (including phenoxy) is 2. The molecular formula is C20H27NO4. The summed E-state index contributed by atoms with van der Waals surface area (Å²) >= 11 is 0. The Labute approximate surface area is 149 Å². The van der Waals surface area contributed by atoms with Crippen LogP contribution in [0.2, 0.25) is 0 Å². The molecule has 2 saturated heterocycles. The number of hydrogen-bond donors (Lipinski definition) is 0. The van der Waals surface area contributed by atoms with Crippen molar-refractivity contribution in [3.8, 4) is 0 Å². The molecule has 5 heteroatoms. The first-order valence-electron chi connectivity index (χ1n) is 9.13. The fourth-order valence-electron chi connectivity index (χ4n) is 4.29. The van der Waals surface area contributed by atoms with Gasteiger partial charge in [0, 0.05) is 18.5 Å². The number of benzene rings is 1. The second-order valence-electron chi connectivity index (χ2n) is 7.33. The van der Waals surface area contributed by atoms with Gasteiger partial charge in [-0.25, -0.2) is 4.79 Å². The summed E-state index contributed by atoms with van der Waals surface area (Å²) in [5, 5.41) is 0. The maximum Gasteiger partial charge on any atom is 0.338 e. The summed E-state index contributed by atoms with van der Waals surface area (Å²) < 4.78 is 11.4. The lowest BCUT2D eigenvalue weighted by Gasteiger charge is -2.47. The Hall–Kier alpha value is -1.88. The van der Waals surface area contributed by atoms with Gasteiger partial charge in [0.2, 0.25) is 0 Å². The van der Waals surface area contributed by atoms with E-state index in [0.29, 0.717) is 24.6 Å². The van der Waals surface area contributed by atoms with Gasteiger partial charge in [-0.1, -0.05) is 25.1 Å². The Kier molecular flexibility index (Phi) is 5.13. The Morgan fingerprint density at radius 2 is 1.96 bits per heavy atom. The Morgan fingerprint density at radius 3 is 2.64 bits per heavy atom. The number of piperidine rings is 1. The lowest BCUT2D eigenvalue weighted by molar-refractivity contribution is -0.174. The summed E-state index contributed by atoms with van der Waals surface area (Å²) in [5.74, 6) is -0.624. The first-order chi connectivity index (χ1) is 12.0. The molecule has 2 aliphatic rings. The molecule has 136 valence electrons. The summed E-state index contributed by atoms with van der Waals surface area (Å²) in [5.41, 5.74) is -0.320. The van der Waals surface area contributed by atoms with E-state index in [0.717, 1.165) is 19.3 Å². The molecule has 2 aliphatic heterocycles. The fraction of sp³-hybridized carbons (Fsp3) is 0.600. The highest BCUT2D eigenvalue weighted by Gasteiger charge is 2.59. The van der Waals surface area contributed by atoms with Crippen LogP contribution in [-0.4, -0.2) is 48.7 Å². The highest BCUT2D eigenvalue weighted by atomic mass is 16.6. The molecule has 1 aromatic carbocycles. The first-order valence-corrected chi connectivity index (χ1v) is 9.13. The fourth-order valence-corrected chi connectivity index (χ4v) is 4.29. The number of rotatable bonds is 5. The highest BCUT2D eigenvalue weighted by molar-refractivity contribution is 5.90. The van der Waals surface area contributed by atoms with Crippen molar-refractivity contribution in [1.82, 2.24) is 4.90 Å². The minimum Gasteiger partial charge on any atom is -0.465 e. The van der Waals surface area contributed by atoms with Crippen LogP contribution < -0.4 is 0 Å². The van der Waals surface area contributed by atoms with E-state index >= 15 is 0 Å². The number of esters is 2. The predicted octanol–water partition coefficient (Wildman–Crippen LogP) is 3.04. The van der Waals surface area contributed by atoms with Gasteiger partial charge in [-0.2, -0.15) is 0 Å². The molecule has 0 aliphatic carbocycles. The summed E-state index contributed by atoms with van der Waals surface area (Å²) in [6, 6.07) is 9.35. The summed E-state index contributed by atoms with van der Waals surface area (Å²) in [6.45, 7) is 4.27. The van der Waals surface area contributed by atoms with Crippen LogP contribution in [0.15, 0.2) is 30.3 Å². The number of carbonyl (C=O) groups excluding carboxylic acids is 2. The van der Waals surface area contributed by atoms with Crippen molar-refractivity contribution in [2.45, 2.75) is 57.7 Å². The van der Waals surface area contributed by atoms with Gasteiger partial charge in [0.25, 0.3) is 0 Å². The highest BCUT2D eigenvalue weighted by Crippen LogP contribution is 2.48. The van der Waals surface area contributed by atoms with Crippen molar-refractivity contribution in [3.63, 3.8) is 0 Å². The van der Waals surface area contributed by atoms with E-state index in [1.165, 1.54) is 0 Å². The van der Waals surface area contributed by atoms with E-state index < -0.39 is 11.5 Å². The summed E-state index contributed by atoms with van der Waals surface area (Å²) in [6.07, 6.45) is 2.94. The molecule has 0 spiro atoms. The largest absolute Gasteiger partial charge is 0.465 e. The van der Waals surface area contributed by atoms with Gasteiger partial charge in [0.15, 0.2) is 0 Å². The van der Waals surface area contributed by atoms with Gasteiger partial charge >= 0.3 is 11.9 Å². The molecule has 0 N–H and O–H groups in total. The van der Waals surface area contributed by atoms with Crippen LogP contribution in [0.25, 0.3) is 0 Å². The van der Waals surface area contributed by atoms with E-state index in [-0.39, 0.29) is 18.0 Å². The second-order valence-corrected chi connectivity index (χ2v) is 7.33. The summed E-state index contributed by atoms with van der Waals surface area (Å²) in [4.78, 5) is 27.7. The molecule has 0 amide bonds. The van der Waals surface area contributed by atoms with Crippen molar-refractivity contribution in [2.75, 3.05) is 13.7 Å². The molecule has 1 aromatic rings. The molecule has 25 heavy (non-hydrogen) atoms. The van der Waals surface area contributed by atoms with E-state index in [1.54, 1.807) is 12.1 Å². The molecule has 2 fully saturated rings. The van der Waals surface area contributed by atoms with Crippen molar-refractivity contribution in [3.05, 3.63) is 35.9 Å². The van der Waals surface area contributed by atoms with Gasteiger partial charge in [0.1, 0.15) is 11.5 Å². The van der Waals surface area contributed by atoms with Gasteiger partial charge < -0.3 is 9.47 Å². The van der Waals surface area contributed by atoms with Gasteiger partial charge in [-0.05, 0) is 45.4 Å². The number of fused-ring (bicyclic) bond motifs is 2. The van der Waals surface area contributed by atoms with Crippen LogP contribution >= 0.6 is 0 Å². The number of hydrogen-bond acceptors (Lipinski definition) is 5. The Bertz CT molecular complexity index is 632. The molecule has 2 bridgehead atoms. The topological polar surface area (TPSA) is 55.8 Å². The van der Waals surface area contributed by atoms with Crippen molar-refractivity contribution in [2.24, 2.45) is 5.41 Å². The average molecular weight is 345 g/mol. The number of nitrogens with zero attached hydrogens (tertiary/aromatic N) is 1. The van der Waals surface area contributed by atoms with E-state index in [1.807, 2.05) is 32.0 Å². The zero-order valence-electron chi connectivity index (χ0n) is 15.2. The van der Waals surface area contributed by atoms with Crippen LogP contribution in [0.4, 0.5) is 0 Å². The lowest BCUT2D eigenvalue weighted by Crippen LogP contribution is -2.60. The SMILES string of the molecule is CCCOC(=O)[C@@]1(C)[C@@H](OC(=O)c2ccccc2)C[C@@H]2CC[C@H]1N2C. The monoisotopic (exact) mass is 345 g/mol. The minimum atomic E-state index is -0.832. The molecule has 0 saturated carbocycles. The molecule has 3 rings (SSSR count). The second kappa shape index (κ2) is 7.16. The van der Waals surface area contributed by atoms with E-state index in [4.69, 9.17) is 9.47 Å². The van der Waals surface area contributed by atoms with Crippen LogP contribution in [0.3, 0.4) is 0 Å². The molecule has 4 atom stereocenters. The average Bonchev–Trinajstić information content (AvgIpc) is 2.91. The third-order valence-corrected chi connectivity index (χ3v) is 5.82. The third kappa shape index (κ3) is 3.17. The van der Waals surface area contributed by atoms with Crippen LogP contribution in [0.5, 0.6) is 0 Å². The maximum atomic E-state index is 12.9. The van der Waals surface area contributed by atoms with Crippen molar-refractivity contribution in [1.29, 1.82) is 0 Å². The quantitative estimate of drug-likeness (QED) is 0.768. The lowest BCUT2D eigenvalue weighted by atomic mass is 9.73. The molecule has 0 unspecified atom stereocenters. The first kappa shape index (κ1) is 17.9. The molecule has 0 radical (unpaired) electrons. The standard InChI is InChI=1S/C20H27NO4/c1-4-12-24-19(23)20(2)16-11-10-15(21(16)3)13-17(20)25-18(22)14-8-6-5-7-9-14/h5-9,15-17H,4,10-13H2,1-3H3/t15-,16+,17-,20+/m0/s1. The molecule has 5 nitrogen and oxygen atoms in total.